The van der Waals surface area contributed by atoms with E-state index in [1.54, 1.807) is 0 Å². The number of carbonyl (C=O) groups is 2. The van der Waals surface area contributed by atoms with E-state index in [1.807, 2.05) is 21.1 Å². The molecule has 0 radical (unpaired) electrons. The summed E-state index contributed by atoms with van der Waals surface area (Å²) in [6.45, 7) is 4.17. The Hall–Kier alpha value is -3.59. The van der Waals surface area contributed by atoms with Crippen molar-refractivity contribution in [1.82, 2.24) is 0 Å². The Morgan fingerprint density at radius 2 is 0.548 bits per heavy atom. The second kappa shape index (κ2) is 83.4. The highest BCUT2D eigenvalue weighted by Gasteiger charge is 2.22. The van der Waals surface area contributed by atoms with Crippen LogP contribution in [0.3, 0.4) is 0 Å². The first kappa shape index (κ1) is 100. The van der Waals surface area contributed by atoms with Crippen LogP contribution in [-0.2, 0) is 32.7 Å². The molecular formula is C94H168NO8P. The highest BCUT2D eigenvalue weighted by Crippen LogP contribution is 2.38. The molecule has 0 amide bonds. The summed E-state index contributed by atoms with van der Waals surface area (Å²) in [7, 11) is 1.18. The Bertz CT molecular complexity index is 2180. The van der Waals surface area contributed by atoms with Gasteiger partial charge in [0.15, 0.2) is 6.10 Å². The van der Waals surface area contributed by atoms with Crippen LogP contribution in [0.1, 0.15) is 412 Å². The molecule has 0 aromatic carbocycles. The Labute approximate surface area is 645 Å². The van der Waals surface area contributed by atoms with E-state index in [9.17, 15) is 19.0 Å². The highest BCUT2D eigenvalue weighted by atomic mass is 31.2. The number of ether oxygens (including phenoxy) is 2. The number of allylic oxidation sites excluding steroid dienone is 20. The van der Waals surface area contributed by atoms with Crippen molar-refractivity contribution in [2.45, 2.75) is 418 Å². The van der Waals surface area contributed by atoms with Gasteiger partial charge in [-0.1, -0.05) is 411 Å². The van der Waals surface area contributed by atoms with Crippen molar-refractivity contribution in [2.75, 3.05) is 47.5 Å². The van der Waals surface area contributed by atoms with Crippen LogP contribution in [0.25, 0.3) is 0 Å². The third kappa shape index (κ3) is 87.3. The average molecular weight is 1470 g/mol. The van der Waals surface area contributed by atoms with Crippen molar-refractivity contribution in [1.29, 1.82) is 0 Å². The highest BCUT2D eigenvalue weighted by molar-refractivity contribution is 7.45. The molecule has 0 saturated heterocycles. The van der Waals surface area contributed by atoms with Crippen molar-refractivity contribution in [3.8, 4) is 0 Å². The lowest BCUT2D eigenvalue weighted by Gasteiger charge is -2.28. The molecule has 2 unspecified atom stereocenters. The molecular weight excluding hydrogens is 1300 g/mol. The van der Waals surface area contributed by atoms with Crippen LogP contribution < -0.4 is 4.89 Å². The molecule has 0 heterocycles. The normalized spacial score (nSPS) is 13.6. The Morgan fingerprint density at radius 3 is 0.817 bits per heavy atom. The zero-order valence-electron chi connectivity index (χ0n) is 69.0. The van der Waals surface area contributed by atoms with Crippen molar-refractivity contribution < 1.29 is 42.1 Å². The standard InChI is InChI=1S/C94H168NO8P/c1-6-8-10-12-14-16-18-20-22-24-26-28-30-32-34-36-38-40-42-44-46-47-49-50-52-54-56-58-60-62-64-66-68-70-72-74-76-78-80-82-84-86-93(96)100-90-92(91-102-104(98,99)101-89-88-95(3,4)5)103-94(97)87-85-83-81-79-77-75-73-71-69-67-65-63-61-59-57-55-53-51-48-45-43-41-39-37-35-33-31-29-27-25-23-21-19-17-15-13-11-9-7-2/h9,11,15,17-18,20-21,23-24,26-27,29-30,32-33,35,39,41,45,48,92H,6-8,10,12-14,16,19,22,25,28,31,34,36-38,40,42-44,46-47,49-91H2,1-5H3/b11-9-,17-15-,20-18-,23-21-,26-24-,29-27-,32-30-,35-33-,41-39-,48-45-. The maximum atomic E-state index is 12.9. The molecule has 0 aliphatic carbocycles. The average Bonchev–Trinajstić information content (AvgIpc) is 0.915. The van der Waals surface area contributed by atoms with Crippen LogP contribution in [0.5, 0.6) is 0 Å². The van der Waals surface area contributed by atoms with E-state index in [1.165, 1.54) is 283 Å². The molecule has 0 saturated carbocycles. The van der Waals surface area contributed by atoms with Gasteiger partial charge in [0.25, 0.3) is 7.82 Å². The first-order chi connectivity index (χ1) is 51.0. The summed E-state index contributed by atoms with van der Waals surface area (Å²) < 4.78 is 34.5. The van der Waals surface area contributed by atoms with Crippen LogP contribution >= 0.6 is 7.82 Å². The van der Waals surface area contributed by atoms with E-state index >= 15 is 0 Å². The van der Waals surface area contributed by atoms with E-state index in [-0.39, 0.29) is 32.0 Å². The van der Waals surface area contributed by atoms with Crippen molar-refractivity contribution in [2.24, 2.45) is 0 Å². The fourth-order valence-corrected chi connectivity index (χ4v) is 13.5. The molecule has 0 spiro atoms. The van der Waals surface area contributed by atoms with Crippen molar-refractivity contribution >= 4 is 19.8 Å². The number of likely N-dealkylation sites (N-methyl/N-ethyl adjacent to an activating group) is 1. The molecule has 0 bridgehead atoms. The molecule has 0 aliphatic rings. The smallest absolute Gasteiger partial charge is 0.306 e. The van der Waals surface area contributed by atoms with Gasteiger partial charge in [-0.05, 0) is 109 Å². The summed E-state index contributed by atoms with van der Waals surface area (Å²) in [5.41, 5.74) is 0. The second-order valence-corrected chi connectivity index (χ2v) is 32.3. The number of hydrogen-bond acceptors (Lipinski definition) is 8. The fraction of sp³-hybridized carbons (Fsp3) is 0.766. The minimum Gasteiger partial charge on any atom is -0.756 e. The second-order valence-electron chi connectivity index (χ2n) is 30.9. The maximum absolute atomic E-state index is 12.9. The molecule has 2 atom stereocenters. The van der Waals surface area contributed by atoms with E-state index in [0.29, 0.717) is 17.4 Å². The summed E-state index contributed by atoms with van der Waals surface area (Å²) >= 11 is 0. The van der Waals surface area contributed by atoms with E-state index in [0.717, 1.165) is 96.3 Å². The summed E-state index contributed by atoms with van der Waals surface area (Å²) in [5.74, 6) is -0.816. The van der Waals surface area contributed by atoms with E-state index in [4.69, 9.17) is 18.5 Å². The minimum atomic E-state index is -4.65. The molecule has 0 aromatic rings. The van der Waals surface area contributed by atoms with E-state index in [2.05, 4.69) is 135 Å². The van der Waals surface area contributed by atoms with Gasteiger partial charge in [0.05, 0.1) is 27.7 Å². The SMILES string of the molecule is CC/C=C\C/C=C\C/C=C\C/C=C\C/C=C\C/C=C\C/C=C\CCCCCCCCCCCCCCCCCCCC(=O)OC(COC(=O)CCCCCCCCCCCCCCCCCCCCCCCCCCCC/C=C\C/C=C\C/C=C\CCCCCCC)COP(=O)([O-])OCC[N+](C)(C)C. The number of quaternary nitrogens is 1. The summed E-state index contributed by atoms with van der Waals surface area (Å²) in [6.07, 6.45) is 121. The molecule has 9 nitrogen and oxygen atoms in total. The monoisotopic (exact) mass is 1470 g/mol. The lowest BCUT2D eigenvalue weighted by molar-refractivity contribution is -0.870. The van der Waals surface area contributed by atoms with Gasteiger partial charge in [0, 0.05) is 12.8 Å². The number of phosphoric acid groups is 1. The molecule has 0 aromatic heterocycles. The number of hydrogen-bond donors (Lipinski definition) is 0. The third-order valence-electron chi connectivity index (χ3n) is 19.5. The van der Waals surface area contributed by atoms with Gasteiger partial charge in [0.1, 0.15) is 19.8 Å². The lowest BCUT2D eigenvalue weighted by atomic mass is 10.0. The van der Waals surface area contributed by atoms with E-state index < -0.39 is 26.5 Å². The number of phosphoric ester groups is 1. The number of carbonyl (C=O) groups excluding carboxylic acids is 2. The first-order valence-corrected chi connectivity index (χ1v) is 45.7. The quantitative estimate of drug-likeness (QED) is 0.0195. The predicted molar refractivity (Wildman–Crippen MR) is 452 cm³/mol. The molecule has 0 rings (SSSR count). The predicted octanol–water partition coefficient (Wildman–Crippen LogP) is 29.4. The largest absolute Gasteiger partial charge is 0.756 e. The van der Waals surface area contributed by atoms with Crippen molar-refractivity contribution in [3.05, 3.63) is 122 Å². The maximum Gasteiger partial charge on any atom is 0.306 e. The van der Waals surface area contributed by atoms with Gasteiger partial charge in [-0.3, -0.25) is 14.2 Å². The molecule has 104 heavy (non-hydrogen) atoms. The van der Waals surface area contributed by atoms with Gasteiger partial charge in [0.2, 0.25) is 0 Å². The zero-order chi connectivity index (χ0) is 75.4. The molecule has 0 aliphatic heterocycles. The summed E-state index contributed by atoms with van der Waals surface area (Å²) in [4.78, 5) is 38.3. The van der Waals surface area contributed by atoms with Gasteiger partial charge in [-0.25, -0.2) is 0 Å². The first-order valence-electron chi connectivity index (χ1n) is 44.2. The van der Waals surface area contributed by atoms with Gasteiger partial charge < -0.3 is 27.9 Å². The summed E-state index contributed by atoms with van der Waals surface area (Å²) in [5, 5.41) is 0. The van der Waals surface area contributed by atoms with Gasteiger partial charge in [-0.15, -0.1) is 0 Å². The van der Waals surface area contributed by atoms with Crippen LogP contribution in [0.2, 0.25) is 0 Å². The van der Waals surface area contributed by atoms with Crippen LogP contribution in [0.15, 0.2) is 122 Å². The van der Waals surface area contributed by atoms with Crippen molar-refractivity contribution in [3.63, 3.8) is 0 Å². The molecule has 0 N–H and O–H groups in total. The van der Waals surface area contributed by atoms with Crippen LogP contribution in [-0.4, -0.2) is 70.0 Å². The fourth-order valence-electron chi connectivity index (χ4n) is 12.8. The van der Waals surface area contributed by atoms with Gasteiger partial charge in [-0.2, -0.15) is 0 Å². The zero-order valence-corrected chi connectivity index (χ0v) is 69.8. The van der Waals surface area contributed by atoms with Gasteiger partial charge >= 0.3 is 11.9 Å². The number of nitrogens with zero attached hydrogens (tertiary/aromatic N) is 1. The lowest BCUT2D eigenvalue weighted by Crippen LogP contribution is -2.37. The minimum absolute atomic E-state index is 0.0316. The number of rotatable bonds is 82. The Balaban J connectivity index is 3.89. The Morgan fingerprint density at radius 1 is 0.308 bits per heavy atom. The Kier molecular flexibility index (Phi) is 80.6. The summed E-state index contributed by atoms with van der Waals surface area (Å²) in [6, 6.07) is 0. The topological polar surface area (TPSA) is 111 Å². The third-order valence-corrected chi connectivity index (χ3v) is 20.4. The molecule has 10 heteroatoms. The molecule has 602 valence electrons. The van der Waals surface area contributed by atoms with Crippen LogP contribution in [0, 0.1) is 0 Å². The molecule has 0 fully saturated rings. The number of unbranched alkanes of at least 4 members (excludes halogenated alkanes) is 48. The number of esters is 2. The van der Waals surface area contributed by atoms with Crippen LogP contribution in [0.4, 0.5) is 0 Å².